The van der Waals surface area contributed by atoms with E-state index in [0.29, 0.717) is 12.3 Å². The number of nitrogens with zero attached hydrogens (tertiary/aromatic N) is 3. The van der Waals surface area contributed by atoms with Crippen LogP contribution < -0.4 is 5.32 Å². The quantitative estimate of drug-likeness (QED) is 0.532. The van der Waals surface area contributed by atoms with Crippen LogP contribution in [-0.4, -0.2) is 41.4 Å². The Morgan fingerprint density at radius 2 is 2.10 bits per heavy atom. The predicted octanol–water partition coefficient (Wildman–Crippen LogP) is 5.51. The van der Waals surface area contributed by atoms with Crippen LogP contribution in [0.2, 0.25) is 0 Å². The van der Waals surface area contributed by atoms with Gasteiger partial charge in [0.2, 0.25) is 0 Å². The maximum atomic E-state index is 14.9. The van der Waals surface area contributed by atoms with E-state index in [1.165, 1.54) is 54.6 Å². The summed E-state index contributed by atoms with van der Waals surface area (Å²) in [5.74, 6) is 2.03. The molecule has 31 heavy (non-hydrogen) atoms. The normalized spacial score (nSPS) is 25.2. The van der Waals surface area contributed by atoms with Crippen LogP contribution >= 0.6 is 0 Å². The van der Waals surface area contributed by atoms with Crippen LogP contribution in [-0.2, 0) is 6.54 Å². The Balaban J connectivity index is 1.03. The Labute approximate surface area is 186 Å². The Morgan fingerprint density at radius 1 is 1.16 bits per heavy atom. The predicted molar refractivity (Wildman–Crippen MR) is 124 cm³/mol. The fourth-order valence-corrected chi connectivity index (χ4v) is 5.56. The van der Waals surface area contributed by atoms with Crippen molar-refractivity contribution in [1.82, 2.24) is 15.2 Å². The fraction of sp³-hybridized carbons (Fsp3) is 0.692. The van der Waals surface area contributed by atoms with Gasteiger partial charge in [0, 0.05) is 49.1 Å². The van der Waals surface area contributed by atoms with Crippen LogP contribution in [0.3, 0.4) is 0 Å². The molecule has 5 heteroatoms. The first-order valence-corrected chi connectivity index (χ1v) is 12.6. The minimum absolute atomic E-state index is 0.201. The molecule has 1 saturated carbocycles. The van der Waals surface area contributed by atoms with Crippen LogP contribution in [0.4, 0.5) is 4.39 Å². The molecule has 1 aromatic heterocycles. The number of pyridine rings is 1. The zero-order valence-electron chi connectivity index (χ0n) is 18.8. The second-order valence-corrected chi connectivity index (χ2v) is 10.0. The van der Waals surface area contributed by atoms with Crippen LogP contribution in [0, 0.1) is 5.92 Å². The van der Waals surface area contributed by atoms with Crippen LogP contribution in [0.25, 0.3) is 0 Å². The molecule has 4 aliphatic rings. The molecular weight excluding hydrogens is 387 g/mol. The van der Waals surface area contributed by atoms with Gasteiger partial charge in [0.25, 0.3) is 0 Å². The number of likely N-dealkylation sites (tertiary alicyclic amines) is 1. The smallest absolute Gasteiger partial charge is 0.125 e. The highest BCUT2D eigenvalue weighted by Crippen LogP contribution is 2.41. The highest BCUT2D eigenvalue weighted by Gasteiger charge is 2.31. The van der Waals surface area contributed by atoms with Gasteiger partial charge >= 0.3 is 0 Å². The van der Waals surface area contributed by atoms with Gasteiger partial charge in [-0.2, -0.15) is 0 Å². The van der Waals surface area contributed by atoms with Crippen molar-refractivity contribution < 1.29 is 4.39 Å². The summed E-state index contributed by atoms with van der Waals surface area (Å²) < 4.78 is 14.9. The van der Waals surface area contributed by atoms with Gasteiger partial charge in [0.15, 0.2) is 0 Å². The highest BCUT2D eigenvalue weighted by atomic mass is 19.1. The molecule has 1 aliphatic carbocycles. The molecule has 1 N–H and O–H groups in total. The van der Waals surface area contributed by atoms with Gasteiger partial charge in [0.1, 0.15) is 12.0 Å². The average molecular weight is 425 g/mol. The Morgan fingerprint density at radius 3 is 3.00 bits per heavy atom. The molecule has 0 spiro atoms. The summed E-state index contributed by atoms with van der Waals surface area (Å²) in [7, 11) is 0. The molecule has 1 aromatic rings. The molecular formula is C26H37FN4. The number of rotatable bonds is 9. The van der Waals surface area contributed by atoms with Crippen molar-refractivity contribution >= 4 is 5.71 Å². The highest BCUT2D eigenvalue weighted by molar-refractivity contribution is 5.86. The van der Waals surface area contributed by atoms with Crippen molar-refractivity contribution in [2.24, 2.45) is 10.9 Å². The number of nitrogens with one attached hydrogen (secondary N) is 1. The van der Waals surface area contributed by atoms with E-state index in [2.05, 4.69) is 21.3 Å². The second kappa shape index (κ2) is 9.81. The SMILES string of the molecule is FC(CCCCC1=NC2=C(CCCN2)CC1)C1CCN(Cc2cccnc2C2CC2)C1. The molecule has 5 rings (SSSR count). The molecule has 2 atom stereocenters. The molecule has 4 nitrogen and oxygen atoms in total. The van der Waals surface area contributed by atoms with Gasteiger partial charge in [0.05, 0.1) is 0 Å². The Kier molecular flexibility index (Phi) is 6.68. The third-order valence-corrected chi connectivity index (χ3v) is 7.57. The number of aromatic nitrogens is 1. The summed E-state index contributed by atoms with van der Waals surface area (Å²) >= 11 is 0. The van der Waals surface area contributed by atoms with Crippen molar-refractivity contribution in [3.05, 3.63) is 41.0 Å². The van der Waals surface area contributed by atoms with E-state index in [4.69, 9.17) is 4.99 Å². The zero-order valence-corrected chi connectivity index (χ0v) is 18.8. The van der Waals surface area contributed by atoms with Crippen molar-refractivity contribution in [2.75, 3.05) is 19.6 Å². The second-order valence-electron chi connectivity index (χ2n) is 10.0. The van der Waals surface area contributed by atoms with E-state index in [-0.39, 0.29) is 5.92 Å². The van der Waals surface area contributed by atoms with Crippen molar-refractivity contribution in [3.8, 4) is 0 Å². The first kappa shape index (κ1) is 21.1. The summed E-state index contributed by atoms with van der Waals surface area (Å²) in [4.78, 5) is 11.9. The average Bonchev–Trinajstić information content (AvgIpc) is 3.55. The number of unbranched alkanes of at least 4 members (excludes halogenated alkanes) is 1. The third-order valence-electron chi connectivity index (χ3n) is 7.57. The summed E-state index contributed by atoms with van der Waals surface area (Å²) in [5, 5.41) is 3.45. The molecule has 0 amide bonds. The summed E-state index contributed by atoms with van der Waals surface area (Å²) in [6.07, 6.45) is 13.3. The van der Waals surface area contributed by atoms with E-state index < -0.39 is 6.17 Å². The van der Waals surface area contributed by atoms with Crippen molar-refractivity contribution in [1.29, 1.82) is 0 Å². The molecule has 0 radical (unpaired) electrons. The summed E-state index contributed by atoms with van der Waals surface area (Å²) in [6.45, 7) is 3.91. The number of halogens is 1. The van der Waals surface area contributed by atoms with Crippen LogP contribution in [0.1, 0.15) is 87.8 Å². The van der Waals surface area contributed by atoms with Gasteiger partial charge in [-0.1, -0.05) is 12.5 Å². The summed E-state index contributed by atoms with van der Waals surface area (Å²) in [6, 6.07) is 4.27. The number of alkyl halides is 1. The Bertz CT molecular complexity index is 828. The van der Waals surface area contributed by atoms with Gasteiger partial charge in [-0.25, -0.2) is 9.38 Å². The lowest BCUT2D eigenvalue weighted by Gasteiger charge is -2.24. The molecule has 2 fully saturated rings. The molecule has 2 unspecified atom stereocenters. The number of hydrogen-bond acceptors (Lipinski definition) is 4. The van der Waals surface area contributed by atoms with E-state index >= 15 is 0 Å². The zero-order chi connectivity index (χ0) is 21.0. The van der Waals surface area contributed by atoms with Crippen molar-refractivity contribution in [3.63, 3.8) is 0 Å². The summed E-state index contributed by atoms with van der Waals surface area (Å²) in [5.41, 5.74) is 5.48. The third kappa shape index (κ3) is 5.36. The minimum Gasteiger partial charge on any atom is -0.370 e. The van der Waals surface area contributed by atoms with E-state index in [1.54, 1.807) is 0 Å². The lowest BCUT2D eigenvalue weighted by molar-refractivity contribution is 0.203. The standard InChI is InChI=1S/C26H37FN4/c27-24(8-2-1-7-23-12-11-20-5-3-15-29-26(20)30-23)21-13-16-31(17-21)18-22-6-4-14-28-25(22)19-9-10-19/h4,6,14,19,21,24,29H,1-3,5,7-13,15-18H2. The van der Waals surface area contributed by atoms with Gasteiger partial charge in [-0.15, -0.1) is 0 Å². The lowest BCUT2D eigenvalue weighted by Crippen LogP contribution is -2.24. The number of allylic oxidation sites excluding steroid dienone is 1. The number of hydrogen-bond donors (Lipinski definition) is 1. The van der Waals surface area contributed by atoms with E-state index in [1.807, 2.05) is 12.3 Å². The Hall–Kier alpha value is -1.75. The largest absolute Gasteiger partial charge is 0.370 e. The molecule has 3 aliphatic heterocycles. The molecule has 0 aromatic carbocycles. The van der Waals surface area contributed by atoms with Gasteiger partial charge < -0.3 is 5.32 Å². The minimum atomic E-state index is -0.663. The van der Waals surface area contributed by atoms with E-state index in [0.717, 1.165) is 64.1 Å². The monoisotopic (exact) mass is 424 g/mol. The topological polar surface area (TPSA) is 40.5 Å². The molecule has 4 heterocycles. The first-order valence-electron chi connectivity index (χ1n) is 12.6. The maximum absolute atomic E-state index is 14.9. The van der Waals surface area contributed by atoms with Gasteiger partial charge in [-0.3, -0.25) is 9.88 Å². The fourth-order valence-electron chi connectivity index (χ4n) is 5.56. The van der Waals surface area contributed by atoms with Gasteiger partial charge in [-0.05, 0) is 88.0 Å². The van der Waals surface area contributed by atoms with Crippen LogP contribution in [0.5, 0.6) is 0 Å². The molecule has 0 bridgehead atoms. The molecule has 1 saturated heterocycles. The number of aliphatic imine (C=N–C) groups is 1. The van der Waals surface area contributed by atoms with Crippen LogP contribution in [0.15, 0.2) is 34.7 Å². The van der Waals surface area contributed by atoms with E-state index in [9.17, 15) is 4.39 Å². The molecule has 168 valence electrons. The lowest BCUT2D eigenvalue weighted by atomic mass is 9.94. The van der Waals surface area contributed by atoms with Crippen molar-refractivity contribution in [2.45, 2.75) is 89.3 Å². The maximum Gasteiger partial charge on any atom is 0.125 e. The first-order chi connectivity index (χ1) is 15.3.